The second kappa shape index (κ2) is 8.42. The molecule has 1 fully saturated rings. The molecular formula is C11H18Cl2N2O2. The van der Waals surface area contributed by atoms with Gasteiger partial charge in [0.15, 0.2) is 0 Å². The summed E-state index contributed by atoms with van der Waals surface area (Å²) in [6.07, 6.45) is 0. The molecule has 0 saturated carbocycles. The van der Waals surface area contributed by atoms with E-state index in [1.165, 1.54) is 5.69 Å². The molecule has 0 unspecified atom stereocenters. The third-order valence-corrected chi connectivity index (χ3v) is 2.46. The summed E-state index contributed by atoms with van der Waals surface area (Å²) in [5, 5.41) is 0. The highest BCUT2D eigenvalue weighted by Crippen LogP contribution is 2.18. The molecule has 0 amide bonds. The van der Waals surface area contributed by atoms with Crippen LogP contribution in [0.25, 0.3) is 0 Å². The Morgan fingerprint density at radius 2 is 1.71 bits per heavy atom. The summed E-state index contributed by atoms with van der Waals surface area (Å²) >= 11 is 0. The van der Waals surface area contributed by atoms with Gasteiger partial charge in [0, 0.05) is 18.8 Å². The number of anilines is 2. The first-order valence-electron chi connectivity index (χ1n) is 5.12. The molecule has 2 rings (SSSR count). The first-order chi connectivity index (χ1) is 7.40. The minimum Gasteiger partial charge on any atom is -0.378 e. The van der Waals surface area contributed by atoms with Gasteiger partial charge in [-0.1, -0.05) is 0 Å². The minimum atomic E-state index is 0. The smallest absolute Gasteiger partial charge is 0.0642 e. The lowest BCUT2D eigenvalue weighted by molar-refractivity contribution is 0.122. The van der Waals surface area contributed by atoms with Crippen LogP contribution < -0.4 is 10.4 Å². The molecule has 0 atom stereocenters. The molecule has 0 radical (unpaired) electrons. The number of hydrogen-bond donors (Lipinski definition) is 1. The van der Waals surface area contributed by atoms with Crippen molar-refractivity contribution in [2.75, 3.05) is 43.8 Å². The van der Waals surface area contributed by atoms with Crippen LogP contribution in [0.15, 0.2) is 24.3 Å². The molecule has 1 aromatic rings. The summed E-state index contributed by atoms with van der Waals surface area (Å²) < 4.78 is 5.31. The van der Waals surface area contributed by atoms with Gasteiger partial charge in [0.1, 0.15) is 0 Å². The van der Waals surface area contributed by atoms with Crippen molar-refractivity contribution in [2.24, 2.45) is 0 Å². The first-order valence-corrected chi connectivity index (χ1v) is 5.12. The fourth-order valence-electron chi connectivity index (χ4n) is 1.68. The van der Waals surface area contributed by atoms with Crippen molar-refractivity contribution in [3.63, 3.8) is 0 Å². The largest absolute Gasteiger partial charge is 0.378 e. The Labute approximate surface area is 114 Å². The average molecular weight is 281 g/mol. The second-order valence-corrected chi connectivity index (χ2v) is 3.45. The monoisotopic (exact) mass is 280 g/mol. The average Bonchev–Trinajstić information content (AvgIpc) is 2.32. The van der Waals surface area contributed by atoms with E-state index in [-0.39, 0.29) is 24.8 Å². The van der Waals surface area contributed by atoms with Gasteiger partial charge in [0.2, 0.25) is 0 Å². The Bertz CT molecular complexity index is 303. The van der Waals surface area contributed by atoms with E-state index < -0.39 is 0 Å². The minimum absolute atomic E-state index is 0. The third-order valence-electron chi connectivity index (χ3n) is 2.46. The summed E-state index contributed by atoms with van der Waals surface area (Å²) in [5.74, 6) is 0. The lowest BCUT2D eigenvalue weighted by atomic mass is 10.2. The van der Waals surface area contributed by atoms with Crippen molar-refractivity contribution in [3.05, 3.63) is 24.3 Å². The van der Waals surface area contributed by atoms with Crippen LogP contribution >= 0.6 is 24.8 Å². The number of halogens is 2. The highest BCUT2D eigenvalue weighted by molar-refractivity contribution is 5.85. The highest BCUT2D eigenvalue weighted by Gasteiger charge is 2.10. The van der Waals surface area contributed by atoms with Gasteiger partial charge in [0.05, 0.1) is 26.0 Å². The van der Waals surface area contributed by atoms with Crippen molar-refractivity contribution < 1.29 is 9.57 Å². The normalized spacial score (nSPS) is 14.5. The van der Waals surface area contributed by atoms with Crippen LogP contribution in [-0.4, -0.2) is 33.4 Å². The maximum absolute atomic E-state index is 5.31. The molecule has 0 aromatic heterocycles. The van der Waals surface area contributed by atoms with E-state index in [0.717, 1.165) is 32.0 Å². The summed E-state index contributed by atoms with van der Waals surface area (Å²) in [6, 6.07) is 8.20. The predicted molar refractivity (Wildman–Crippen MR) is 74.6 cm³/mol. The molecule has 1 N–H and O–H groups in total. The highest BCUT2D eigenvalue weighted by atomic mass is 35.5. The maximum atomic E-state index is 5.31. The summed E-state index contributed by atoms with van der Waals surface area (Å²) in [4.78, 5) is 7.15. The quantitative estimate of drug-likeness (QED) is 0.862. The molecule has 0 aliphatic carbocycles. The van der Waals surface area contributed by atoms with Crippen LogP contribution in [0.2, 0.25) is 0 Å². The van der Waals surface area contributed by atoms with E-state index in [1.807, 2.05) is 12.1 Å². The zero-order chi connectivity index (χ0) is 10.5. The molecule has 1 saturated heterocycles. The maximum Gasteiger partial charge on any atom is 0.0642 e. The van der Waals surface area contributed by atoms with Crippen molar-refractivity contribution >= 4 is 36.2 Å². The summed E-state index contributed by atoms with van der Waals surface area (Å²) in [7, 11) is 1.61. The fraction of sp³-hybridized carbons (Fsp3) is 0.455. The van der Waals surface area contributed by atoms with E-state index in [0.29, 0.717) is 0 Å². The molecule has 1 aliphatic rings. The number of nitrogens with one attached hydrogen (secondary N) is 1. The number of benzene rings is 1. The molecule has 0 spiro atoms. The molecular weight excluding hydrogens is 263 g/mol. The number of hydrogen-bond acceptors (Lipinski definition) is 4. The third kappa shape index (κ3) is 4.60. The molecule has 0 bridgehead atoms. The van der Waals surface area contributed by atoms with Crippen molar-refractivity contribution in [3.8, 4) is 0 Å². The van der Waals surface area contributed by atoms with Gasteiger partial charge in [-0.25, -0.2) is 0 Å². The zero-order valence-electron chi connectivity index (χ0n) is 9.72. The van der Waals surface area contributed by atoms with Crippen LogP contribution in [0.3, 0.4) is 0 Å². The van der Waals surface area contributed by atoms with Crippen LogP contribution in [0.4, 0.5) is 11.4 Å². The molecule has 4 nitrogen and oxygen atoms in total. The Morgan fingerprint density at radius 1 is 1.12 bits per heavy atom. The molecule has 1 heterocycles. The van der Waals surface area contributed by atoms with Gasteiger partial charge in [-0.05, 0) is 24.3 Å². The Kier molecular flexibility index (Phi) is 8.08. The topological polar surface area (TPSA) is 33.7 Å². The van der Waals surface area contributed by atoms with Gasteiger partial charge in [-0.3, -0.25) is 10.3 Å². The van der Waals surface area contributed by atoms with E-state index >= 15 is 0 Å². The summed E-state index contributed by atoms with van der Waals surface area (Å²) in [6.45, 7) is 3.57. The Hall–Kier alpha value is -0.680. The van der Waals surface area contributed by atoms with E-state index in [4.69, 9.17) is 9.57 Å². The van der Waals surface area contributed by atoms with Crippen molar-refractivity contribution in [1.82, 2.24) is 0 Å². The second-order valence-electron chi connectivity index (χ2n) is 3.45. The fourth-order valence-corrected chi connectivity index (χ4v) is 1.68. The first kappa shape index (κ1) is 16.3. The number of rotatable bonds is 3. The number of ether oxygens (including phenoxy) is 1. The Morgan fingerprint density at radius 3 is 2.24 bits per heavy atom. The standard InChI is InChI=1S/C11H16N2O2.2ClH/c1-14-12-10-2-4-11(5-3-10)13-6-8-15-9-7-13;;/h2-5,12H,6-9H2,1H3;2*1H. The lowest BCUT2D eigenvalue weighted by Gasteiger charge is -2.28. The molecule has 6 heteroatoms. The molecule has 1 aromatic carbocycles. The van der Waals surface area contributed by atoms with Crippen LogP contribution in [0.5, 0.6) is 0 Å². The van der Waals surface area contributed by atoms with Crippen LogP contribution in [-0.2, 0) is 9.57 Å². The predicted octanol–water partition coefficient (Wildman–Crippen LogP) is 2.34. The van der Waals surface area contributed by atoms with Gasteiger partial charge >= 0.3 is 0 Å². The molecule has 17 heavy (non-hydrogen) atoms. The van der Waals surface area contributed by atoms with Crippen molar-refractivity contribution in [2.45, 2.75) is 0 Å². The van der Waals surface area contributed by atoms with Gasteiger partial charge in [-0.15, -0.1) is 24.8 Å². The van der Waals surface area contributed by atoms with E-state index in [9.17, 15) is 0 Å². The van der Waals surface area contributed by atoms with Crippen LogP contribution in [0, 0.1) is 0 Å². The number of nitrogens with zero attached hydrogens (tertiary/aromatic N) is 1. The van der Waals surface area contributed by atoms with Gasteiger partial charge in [-0.2, -0.15) is 0 Å². The Balaban J connectivity index is 0.00000128. The summed E-state index contributed by atoms with van der Waals surface area (Å²) in [5.41, 5.74) is 5.00. The SMILES string of the molecule is CONc1ccc(N2CCOCC2)cc1.Cl.Cl. The molecule has 1 aliphatic heterocycles. The molecule has 98 valence electrons. The number of morpholine rings is 1. The van der Waals surface area contributed by atoms with E-state index in [2.05, 4.69) is 22.5 Å². The van der Waals surface area contributed by atoms with Crippen LogP contribution in [0.1, 0.15) is 0 Å². The van der Waals surface area contributed by atoms with Crippen molar-refractivity contribution in [1.29, 1.82) is 0 Å². The zero-order valence-corrected chi connectivity index (χ0v) is 11.4. The van der Waals surface area contributed by atoms with Gasteiger partial charge < -0.3 is 9.64 Å². The van der Waals surface area contributed by atoms with E-state index in [1.54, 1.807) is 7.11 Å². The van der Waals surface area contributed by atoms with Gasteiger partial charge in [0.25, 0.3) is 0 Å². The lowest BCUT2D eigenvalue weighted by Crippen LogP contribution is -2.36.